The SMILES string of the molecule is CC(C)(C)C(=O)c1ccnc(Cl)c1. The zero-order valence-electron chi connectivity index (χ0n) is 7.97. The average Bonchev–Trinajstić information content (AvgIpc) is 2.01. The van der Waals surface area contributed by atoms with Gasteiger partial charge in [-0.2, -0.15) is 0 Å². The standard InChI is InChI=1S/C10H12ClNO/c1-10(2,3)9(13)7-4-5-12-8(11)6-7/h4-6H,1-3H3. The molecule has 0 saturated heterocycles. The van der Waals surface area contributed by atoms with E-state index in [1.54, 1.807) is 18.3 Å². The predicted octanol–water partition coefficient (Wildman–Crippen LogP) is 2.96. The van der Waals surface area contributed by atoms with Gasteiger partial charge in [-0.15, -0.1) is 0 Å². The fourth-order valence-corrected chi connectivity index (χ4v) is 1.15. The molecule has 1 aromatic rings. The molecule has 0 fully saturated rings. The van der Waals surface area contributed by atoms with Gasteiger partial charge in [0.2, 0.25) is 0 Å². The number of ketones is 1. The van der Waals surface area contributed by atoms with E-state index in [-0.39, 0.29) is 11.2 Å². The van der Waals surface area contributed by atoms with Crippen molar-refractivity contribution in [2.45, 2.75) is 20.8 Å². The number of rotatable bonds is 1. The van der Waals surface area contributed by atoms with Gasteiger partial charge in [0.05, 0.1) is 0 Å². The van der Waals surface area contributed by atoms with Crippen LogP contribution in [0.1, 0.15) is 31.1 Å². The van der Waals surface area contributed by atoms with Crippen LogP contribution in [-0.2, 0) is 0 Å². The summed E-state index contributed by atoms with van der Waals surface area (Å²) in [7, 11) is 0. The van der Waals surface area contributed by atoms with Crippen molar-refractivity contribution in [1.29, 1.82) is 0 Å². The van der Waals surface area contributed by atoms with Crippen LogP contribution in [0.3, 0.4) is 0 Å². The Balaban J connectivity index is 3.03. The van der Waals surface area contributed by atoms with Crippen molar-refractivity contribution in [1.82, 2.24) is 4.98 Å². The number of Topliss-reactive ketones (excluding diaryl/α,β-unsaturated/α-hetero) is 1. The van der Waals surface area contributed by atoms with Gasteiger partial charge >= 0.3 is 0 Å². The zero-order valence-corrected chi connectivity index (χ0v) is 8.72. The van der Waals surface area contributed by atoms with Crippen LogP contribution in [0, 0.1) is 5.41 Å². The molecule has 0 unspecified atom stereocenters. The molecule has 2 nitrogen and oxygen atoms in total. The highest BCUT2D eigenvalue weighted by Crippen LogP contribution is 2.21. The molecule has 0 N–H and O–H groups in total. The minimum Gasteiger partial charge on any atom is -0.294 e. The second-order valence-electron chi connectivity index (χ2n) is 3.95. The Morgan fingerprint density at radius 1 is 1.46 bits per heavy atom. The Bertz CT molecular complexity index is 328. The molecule has 1 heterocycles. The molecular formula is C10H12ClNO. The second-order valence-corrected chi connectivity index (χ2v) is 4.33. The van der Waals surface area contributed by atoms with E-state index in [4.69, 9.17) is 11.6 Å². The highest BCUT2D eigenvalue weighted by Gasteiger charge is 2.22. The van der Waals surface area contributed by atoms with E-state index in [9.17, 15) is 4.79 Å². The lowest BCUT2D eigenvalue weighted by atomic mass is 9.87. The monoisotopic (exact) mass is 197 g/mol. The quantitative estimate of drug-likeness (QED) is 0.512. The molecule has 70 valence electrons. The first kappa shape index (κ1) is 10.2. The molecule has 1 aromatic heterocycles. The number of carbonyl (C=O) groups is 1. The fraction of sp³-hybridized carbons (Fsp3) is 0.400. The molecule has 0 aliphatic rings. The van der Waals surface area contributed by atoms with Crippen molar-refractivity contribution >= 4 is 17.4 Å². The van der Waals surface area contributed by atoms with Gasteiger partial charge < -0.3 is 0 Å². The van der Waals surface area contributed by atoms with E-state index >= 15 is 0 Å². The zero-order chi connectivity index (χ0) is 10.1. The van der Waals surface area contributed by atoms with Crippen molar-refractivity contribution in [2.75, 3.05) is 0 Å². The lowest BCUT2D eigenvalue weighted by Gasteiger charge is -2.16. The predicted molar refractivity (Wildman–Crippen MR) is 53.0 cm³/mol. The van der Waals surface area contributed by atoms with E-state index < -0.39 is 0 Å². The van der Waals surface area contributed by atoms with Crippen LogP contribution in [0.15, 0.2) is 18.3 Å². The first-order chi connectivity index (χ1) is 5.91. The summed E-state index contributed by atoms with van der Waals surface area (Å²) in [6.07, 6.45) is 1.54. The average molecular weight is 198 g/mol. The van der Waals surface area contributed by atoms with Crippen molar-refractivity contribution in [3.63, 3.8) is 0 Å². The Morgan fingerprint density at radius 3 is 2.54 bits per heavy atom. The van der Waals surface area contributed by atoms with Gasteiger partial charge in [0.1, 0.15) is 5.15 Å². The molecule has 1 rings (SSSR count). The van der Waals surface area contributed by atoms with Crippen LogP contribution in [-0.4, -0.2) is 10.8 Å². The smallest absolute Gasteiger partial charge is 0.168 e. The maximum Gasteiger partial charge on any atom is 0.168 e. The number of pyridine rings is 1. The third-order valence-corrected chi connectivity index (χ3v) is 1.88. The summed E-state index contributed by atoms with van der Waals surface area (Å²) in [5.74, 6) is 0.0804. The molecule has 0 radical (unpaired) electrons. The van der Waals surface area contributed by atoms with Gasteiger partial charge in [0.15, 0.2) is 5.78 Å². The number of aromatic nitrogens is 1. The maximum atomic E-state index is 11.7. The number of nitrogens with zero attached hydrogens (tertiary/aromatic N) is 1. The molecule has 0 aliphatic carbocycles. The molecule has 0 aromatic carbocycles. The van der Waals surface area contributed by atoms with Crippen LogP contribution in [0.4, 0.5) is 0 Å². The van der Waals surface area contributed by atoms with Gasteiger partial charge in [0, 0.05) is 17.2 Å². The molecule has 0 saturated carbocycles. The number of hydrogen-bond donors (Lipinski definition) is 0. The molecule has 0 amide bonds. The minimum atomic E-state index is -0.370. The normalized spacial score (nSPS) is 11.4. The number of carbonyl (C=O) groups excluding carboxylic acids is 1. The summed E-state index contributed by atoms with van der Waals surface area (Å²) in [6.45, 7) is 5.64. The summed E-state index contributed by atoms with van der Waals surface area (Å²) in [5, 5.41) is 0.357. The molecule has 0 spiro atoms. The Morgan fingerprint density at radius 2 is 2.08 bits per heavy atom. The first-order valence-electron chi connectivity index (χ1n) is 4.07. The Labute approximate surface area is 82.9 Å². The molecular weight excluding hydrogens is 186 g/mol. The van der Waals surface area contributed by atoms with Gasteiger partial charge in [-0.3, -0.25) is 4.79 Å². The summed E-state index contributed by atoms with van der Waals surface area (Å²) in [6, 6.07) is 3.27. The lowest BCUT2D eigenvalue weighted by Crippen LogP contribution is -2.20. The molecule has 0 aliphatic heterocycles. The van der Waals surface area contributed by atoms with Gasteiger partial charge in [-0.25, -0.2) is 4.98 Å². The molecule has 3 heteroatoms. The molecule has 0 atom stereocenters. The van der Waals surface area contributed by atoms with Gasteiger partial charge in [-0.1, -0.05) is 32.4 Å². The summed E-state index contributed by atoms with van der Waals surface area (Å²) in [5.41, 5.74) is 0.248. The van der Waals surface area contributed by atoms with Gasteiger partial charge in [0.25, 0.3) is 0 Å². The third kappa shape index (κ3) is 2.52. The van der Waals surface area contributed by atoms with Crippen molar-refractivity contribution < 1.29 is 4.79 Å². The van der Waals surface area contributed by atoms with E-state index in [0.717, 1.165) is 0 Å². The van der Waals surface area contributed by atoms with Crippen LogP contribution in [0.5, 0.6) is 0 Å². The largest absolute Gasteiger partial charge is 0.294 e. The van der Waals surface area contributed by atoms with Crippen LogP contribution in [0.25, 0.3) is 0 Å². The highest BCUT2D eigenvalue weighted by atomic mass is 35.5. The van der Waals surface area contributed by atoms with Crippen LogP contribution < -0.4 is 0 Å². The van der Waals surface area contributed by atoms with Crippen LogP contribution in [0.2, 0.25) is 5.15 Å². The van der Waals surface area contributed by atoms with Gasteiger partial charge in [-0.05, 0) is 12.1 Å². The first-order valence-corrected chi connectivity index (χ1v) is 4.45. The van der Waals surface area contributed by atoms with Crippen LogP contribution >= 0.6 is 11.6 Å². The van der Waals surface area contributed by atoms with E-state index in [0.29, 0.717) is 10.7 Å². The molecule has 13 heavy (non-hydrogen) atoms. The van der Waals surface area contributed by atoms with Crippen molar-refractivity contribution in [2.24, 2.45) is 5.41 Å². The lowest BCUT2D eigenvalue weighted by molar-refractivity contribution is 0.0858. The Hall–Kier alpha value is -0.890. The van der Waals surface area contributed by atoms with Crippen molar-refractivity contribution in [3.05, 3.63) is 29.0 Å². The summed E-state index contributed by atoms with van der Waals surface area (Å²) >= 11 is 5.68. The Kier molecular flexibility index (Phi) is 2.71. The highest BCUT2D eigenvalue weighted by molar-refractivity contribution is 6.29. The van der Waals surface area contributed by atoms with E-state index in [1.807, 2.05) is 20.8 Å². The number of hydrogen-bond acceptors (Lipinski definition) is 2. The maximum absolute atomic E-state index is 11.7. The minimum absolute atomic E-state index is 0.0804. The topological polar surface area (TPSA) is 30.0 Å². The fourth-order valence-electron chi connectivity index (χ4n) is 0.977. The number of halogens is 1. The van der Waals surface area contributed by atoms with E-state index in [1.165, 1.54) is 0 Å². The summed E-state index contributed by atoms with van der Waals surface area (Å²) < 4.78 is 0. The van der Waals surface area contributed by atoms with Crippen molar-refractivity contribution in [3.8, 4) is 0 Å². The molecule has 0 bridgehead atoms. The third-order valence-electron chi connectivity index (χ3n) is 1.67. The summed E-state index contributed by atoms with van der Waals surface area (Å²) in [4.78, 5) is 15.5. The second kappa shape index (κ2) is 3.46. The van der Waals surface area contributed by atoms with E-state index in [2.05, 4.69) is 4.98 Å².